The second-order valence-corrected chi connectivity index (χ2v) is 7.54. The molecule has 2 aliphatic carbocycles. The summed E-state index contributed by atoms with van der Waals surface area (Å²) in [6.45, 7) is 6.27. The van der Waals surface area contributed by atoms with Crippen LogP contribution in [0.5, 0.6) is 0 Å². The Labute approximate surface area is 137 Å². The zero-order chi connectivity index (χ0) is 15.9. The van der Waals surface area contributed by atoms with E-state index in [1.54, 1.807) is 0 Å². The molecule has 2 saturated carbocycles. The third-order valence-electron chi connectivity index (χ3n) is 6.27. The molecule has 0 radical (unpaired) electrons. The Bertz CT molecular complexity index is 328. The van der Waals surface area contributed by atoms with Gasteiger partial charge in [0.1, 0.15) is 0 Å². The molecule has 0 aliphatic heterocycles. The highest BCUT2D eigenvalue weighted by molar-refractivity contribution is 4.92. The normalized spacial score (nSPS) is 39.6. The van der Waals surface area contributed by atoms with Crippen LogP contribution in [-0.2, 0) is 9.47 Å². The summed E-state index contributed by atoms with van der Waals surface area (Å²) in [7, 11) is 3.79. The van der Waals surface area contributed by atoms with Crippen LogP contribution < -0.4 is 0 Å². The molecular formula is C20H36O2. The van der Waals surface area contributed by atoms with Gasteiger partial charge in [-0.1, -0.05) is 25.8 Å². The van der Waals surface area contributed by atoms with Gasteiger partial charge in [0.2, 0.25) is 0 Å². The first-order chi connectivity index (χ1) is 10.7. The van der Waals surface area contributed by atoms with E-state index in [-0.39, 0.29) is 0 Å². The summed E-state index contributed by atoms with van der Waals surface area (Å²) in [6, 6.07) is 0. The Morgan fingerprint density at radius 1 is 1.00 bits per heavy atom. The van der Waals surface area contributed by atoms with E-state index in [2.05, 4.69) is 19.6 Å². The quantitative estimate of drug-likeness (QED) is 0.600. The van der Waals surface area contributed by atoms with Gasteiger partial charge in [-0.15, -0.1) is 6.58 Å². The van der Waals surface area contributed by atoms with E-state index in [0.717, 1.165) is 24.2 Å². The van der Waals surface area contributed by atoms with Crippen LogP contribution in [0.3, 0.4) is 0 Å². The average Bonchev–Trinajstić information content (AvgIpc) is 2.55. The first-order valence-electron chi connectivity index (χ1n) is 9.39. The molecule has 0 heterocycles. The minimum absolute atomic E-state index is 0.435. The maximum absolute atomic E-state index is 5.88. The van der Waals surface area contributed by atoms with Crippen molar-refractivity contribution >= 4 is 0 Å². The van der Waals surface area contributed by atoms with Crippen molar-refractivity contribution in [3.05, 3.63) is 12.7 Å². The molecule has 2 heteroatoms. The van der Waals surface area contributed by atoms with Gasteiger partial charge in [-0.25, -0.2) is 0 Å². The summed E-state index contributed by atoms with van der Waals surface area (Å²) in [5.74, 6) is 3.17. The van der Waals surface area contributed by atoms with Gasteiger partial charge >= 0.3 is 0 Å². The fourth-order valence-electron chi connectivity index (χ4n) is 5.16. The van der Waals surface area contributed by atoms with Crippen LogP contribution in [0.2, 0.25) is 0 Å². The zero-order valence-electron chi connectivity index (χ0n) is 14.9. The van der Waals surface area contributed by atoms with Crippen molar-refractivity contribution in [3.63, 3.8) is 0 Å². The van der Waals surface area contributed by atoms with Crippen LogP contribution in [-0.4, -0.2) is 26.4 Å². The minimum atomic E-state index is 0.435. The molecule has 6 atom stereocenters. The summed E-state index contributed by atoms with van der Waals surface area (Å²) in [6.07, 6.45) is 14.7. The molecule has 0 aromatic heterocycles. The number of rotatable bonds is 7. The number of hydrogen-bond acceptors (Lipinski definition) is 2. The highest BCUT2D eigenvalue weighted by Crippen LogP contribution is 2.45. The van der Waals surface area contributed by atoms with E-state index in [9.17, 15) is 0 Å². The Hall–Kier alpha value is -0.340. The molecule has 0 bridgehead atoms. The first kappa shape index (κ1) is 18.0. The van der Waals surface area contributed by atoms with Crippen LogP contribution in [0, 0.1) is 23.7 Å². The first-order valence-corrected chi connectivity index (χ1v) is 9.39. The average molecular weight is 309 g/mol. The van der Waals surface area contributed by atoms with Crippen molar-refractivity contribution in [2.45, 2.75) is 76.9 Å². The third kappa shape index (κ3) is 4.35. The fourth-order valence-corrected chi connectivity index (χ4v) is 5.16. The molecule has 2 rings (SSSR count). The highest BCUT2D eigenvalue weighted by atomic mass is 16.5. The molecule has 6 unspecified atom stereocenters. The van der Waals surface area contributed by atoms with Gasteiger partial charge in [0.25, 0.3) is 0 Å². The van der Waals surface area contributed by atoms with E-state index in [0.29, 0.717) is 18.1 Å². The van der Waals surface area contributed by atoms with Crippen molar-refractivity contribution in [2.75, 3.05) is 14.2 Å². The smallest absolute Gasteiger partial charge is 0.0602 e. The van der Waals surface area contributed by atoms with Crippen molar-refractivity contribution in [2.24, 2.45) is 23.7 Å². The van der Waals surface area contributed by atoms with Crippen molar-refractivity contribution in [1.29, 1.82) is 0 Å². The fraction of sp³-hybridized carbons (Fsp3) is 0.900. The van der Waals surface area contributed by atoms with Crippen LogP contribution in [0.25, 0.3) is 0 Å². The Kier molecular flexibility index (Phi) is 7.43. The Balaban J connectivity index is 2.01. The second-order valence-electron chi connectivity index (χ2n) is 7.54. The van der Waals surface area contributed by atoms with Crippen molar-refractivity contribution in [3.8, 4) is 0 Å². The van der Waals surface area contributed by atoms with Gasteiger partial charge < -0.3 is 9.47 Å². The predicted molar refractivity (Wildman–Crippen MR) is 93.0 cm³/mol. The standard InChI is InChI=1S/C20H36O2/c1-5-7-15-9-11-20(22-4)18(13-15)16-10-12-19(21-3)17(14-16)8-6-2/h6,15-20H,2,5,7-14H2,1,3-4H3. The Morgan fingerprint density at radius 3 is 2.36 bits per heavy atom. The van der Waals surface area contributed by atoms with Gasteiger partial charge in [-0.3, -0.25) is 0 Å². The third-order valence-corrected chi connectivity index (χ3v) is 6.27. The molecule has 128 valence electrons. The van der Waals surface area contributed by atoms with E-state index >= 15 is 0 Å². The van der Waals surface area contributed by atoms with E-state index in [1.165, 1.54) is 51.4 Å². The monoisotopic (exact) mass is 308 g/mol. The molecule has 22 heavy (non-hydrogen) atoms. The number of hydrogen-bond donors (Lipinski definition) is 0. The number of allylic oxidation sites excluding steroid dienone is 1. The van der Waals surface area contributed by atoms with E-state index < -0.39 is 0 Å². The molecule has 0 aromatic rings. The molecule has 2 fully saturated rings. The lowest BCUT2D eigenvalue weighted by Crippen LogP contribution is -2.40. The van der Waals surface area contributed by atoms with Gasteiger partial charge in [0, 0.05) is 14.2 Å². The maximum atomic E-state index is 5.88. The molecule has 0 saturated heterocycles. The topological polar surface area (TPSA) is 18.5 Å². The largest absolute Gasteiger partial charge is 0.381 e. The highest BCUT2D eigenvalue weighted by Gasteiger charge is 2.39. The van der Waals surface area contributed by atoms with Crippen molar-refractivity contribution < 1.29 is 9.47 Å². The lowest BCUT2D eigenvalue weighted by Gasteiger charge is -2.44. The summed E-state index contributed by atoms with van der Waals surface area (Å²) >= 11 is 0. The SMILES string of the molecule is C=CCC1CC(C2CC(CCC)CCC2OC)CCC1OC. The van der Waals surface area contributed by atoms with Crippen LogP contribution >= 0.6 is 0 Å². The van der Waals surface area contributed by atoms with Gasteiger partial charge in [-0.2, -0.15) is 0 Å². The van der Waals surface area contributed by atoms with Gasteiger partial charge in [-0.05, 0) is 68.6 Å². The van der Waals surface area contributed by atoms with Crippen molar-refractivity contribution in [1.82, 2.24) is 0 Å². The molecule has 0 amide bonds. The molecule has 2 nitrogen and oxygen atoms in total. The van der Waals surface area contributed by atoms with Gasteiger partial charge in [0.15, 0.2) is 0 Å². The second kappa shape index (κ2) is 9.08. The molecule has 0 N–H and O–H groups in total. The lowest BCUT2D eigenvalue weighted by atomic mass is 9.65. The maximum Gasteiger partial charge on any atom is 0.0602 e. The molecule has 0 aromatic carbocycles. The predicted octanol–water partition coefficient (Wildman–Crippen LogP) is 5.23. The summed E-state index contributed by atoms with van der Waals surface area (Å²) < 4.78 is 11.6. The summed E-state index contributed by atoms with van der Waals surface area (Å²) in [4.78, 5) is 0. The zero-order valence-corrected chi connectivity index (χ0v) is 14.9. The Morgan fingerprint density at radius 2 is 1.73 bits per heavy atom. The number of methoxy groups -OCH3 is 2. The molecule has 2 aliphatic rings. The van der Waals surface area contributed by atoms with E-state index in [4.69, 9.17) is 9.47 Å². The minimum Gasteiger partial charge on any atom is -0.381 e. The number of ether oxygens (including phenoxy) is 2. The summed E-state index contributed by atoms with van der Waals surface area (Å²) in [5.41, 5.74) is 0. The summed E-state index contributed by atoms with van der Waals surface area (Å²) in [5, 5.41) is 0. The van der Waals surface area contributed by atoms with Crippen LogP contribution in [0.1, 0.15) is 64.7 Å². The molecular weight excluding hydrogens is 272 g/mol. The van der Waals surface area contributed by atoms with Crippen LogP contribution in [0.15, 0.2) is 12.7 Å². The molecule has 0 spiro atoms. The van der Waals surface area contributed by atoms with E-state index in [1.807, 2.05) is 14.2 Å². The van der Waals surface area contributed by atoms with Crippen LogP contribution in [0.4, 0.5) is 0 Å². The van der Waals surface area contributed by atoms with Gasteiger partial charge in [0.05, 0.1) is 12.2 Å². The lowest BCUT2D eigenvalue weighted by molar-refractivity contribution is -0.0543.